The number of allylic oxidation sites excluding steroid dienone is 8. The minimum atomic E-state index is -0.252. The van der Waals surface area contributed by atoms with Crippen LogP contribution in [0.5, 0.6) is 0 Å². The fourth-order valence-electron chi connectivity index (χ4n) is 6.79. The van der Waals surface area contributed by atoms with Crippen LogP contribution in [0.25, 0.3) is 0 Å². The zero-order chi connectivity index (χ0) is 26.8. The van der Waals surface area contributed by atoms with E-state index in [9.17, 15) is 4.79 Å². The third-order valence-electron chi connectivity index (χ3n) is 8.88. The monoisotopic (exact) mass is 635 g/mol. The van der Waals surface area contributed by atoms with Crippen molar-refractivity contribution in [2.45, 2.75) is 120 Å². The van der Waals surface area contributed by atoms with Crippen molar-refractivity contribution >= 4 is 28.7 Å². The van der Waals surface area contributed by atoms with Crippen molar-refractivity contribution in [3.63, 3.8) is 0 Å². The van der Waals surface area contributed by atoms with Gasteiger partial charge in [0.2, 0.25) is 0 Å². The van der Waals surface area contributed by atoms with Gasteiger partial charge in [-0.1, -0.05) is 168 Å². The molecule has 3 nitrogen and oxygen atoms in total. The summed E-state index contributed by atoms with van der Waals surface area (Å²) in [4.78, 5) is 12.3. The van der Waals surface area contributed by atoms with E-state index in [0.717, 1.165) is 19.3 Å². The molecule has 0 heterocycles. The number of ether oxygens (including phenoxy) is 1. The first kappa shape index (κ1) is 31.5. The number of carbonyl (C=O) groups is 1. The Kier molecular flexibility index (Phi) is 15.8. The molecule has 1 fully saturated rings. The normalized spacial score (nSPS) is 25.8. The van der Waals surface area contributed by atoms with Gasteiger partial charge in [0.05, 0.1) is 10.7 Å². The molecule has 0 aromatic heterocycles. The number of nitrogens with one attached hydrogen (secondary N) is 1. The summed E-state index contributed by atoms with van der Waals surface area (Å²) >= 11 is 2.35. The molecular formula is C34H54INO2. The Labute approximate surface area is 247 Å². The van der Waals surface area contributed by atoms with Crippen molar-refractivity contribution in [1.29, 1.82) is 0 Å². The van der Waals surface area contributed by atoms with Gasteiger partial charge in [-0.05, 0) is 48.9 Å². The zero-order valence-corrected chi connectivity index (χ0v) is 26.2. The Balaban J connectivity index is 1.14. The molecule has 3 aliphatic rings. The fourth-order valence-corrected chi connectivity index (χ4v) is 7.49. The number of hydrogen-bond acceptors (Lipinski definition) is 2. The van der Waals surface area contributed by atoms with Crippen LogP contribution in [0.2, 0.25) is 0 Å². The average Bonchev–Trinajstić information content (AvgIpc) is 3.25. The minimum absolute atomic E-state index is 0.159. The van der Waals surface area contributed by atoms with Crippen molar-refractivity contribution in [3.8, 4) is 0 Å². The zero-order valence-electron chi connectivity index (χ0n) is 24.0. The molecule has 0 bridgehead atoms. The van der Waals surface area contributed by atoms with Crippen molar-refractivity contribution < 1.29 is 9.53 Å². The highest BCUT2D eigenvalue weighted by atomic mass is 127. The number of halogens is 1. The van der Waals surface area contributed by atoms with Crippen molar-refractivity contribution in [2.24, 2.45) is 29.6 Å². The second-order valence-electron chi connectivity index (χ2n) is 11.8. The van der Waals surface area contributed by atoms with Gasteiger partial charge in [-0.2, -0.15) is 0 Å². The lowest BCUT2D eigenvalue weighted by Crippen LogP contribution is -2.31. The molecule has 1 saturated carbocycles. The van der Waals surface area contributed by atoms with E-state index in [1.165, 1.54) is 89.9 Å². The molecule has 0 aromatic carbocycles. The summed E-state index contributed by atoms with van der Waals surface area (Å²) < 4.78 is 5.71. The van der Waals surface area contributed by atoms with E-state index in [2.05, 4.69) is 83.4 Å². The molecule has 1 amide bonds. The van der Waals surface area contributed by atoms with Gasteiger partial charge < -0.3 is 10.1 Å². The van der Waals surface area contributed by atoms with Crippen LogP contribution in [0.3, 0.4) is 0 Å². The van der Waals surface area contributed by atoms with Crippen LogP contribution in [0.1, 0.15) is 116 Å². The summed E-state index contributed by atoms with van der Waals surface area (Å²) in [5.41, 5.74) is 0. The molecule has 0 aliphatic heterocycles. The third kappa shape index (κ3) is 11.2. The molecule has 4 heteroatoms. The average molecular weight is 636 g/mol. The number of carbonyl (C=O) groups excluding carboxylic acids is 1. The first-order valence-electron chi connectivity index (χ1n) is 16.0. The second-order valence-corrected chi connectivity index (χ2v) is 13.3. The second kappa shape index (κ2) is 19.1. The first-order chi connectivity index (χ1) is 18.7. The van der Waals surface area contributed by atoms with Gasteiger partial charge in [0, 0.05) is 0 Å². The largest absolute Gasteiger partial charge is 0.450 e. The Hall–Kier alpha value is -1.04. The van der Waals surface area contributed by atoms with Gasteiger partial charge >= 0.3 is 6.09 Å². The van der Waals surface area contributed by atoms with Gasteiger partial charge in [0.25, 0.3) is 0 Å². The molecule has 3 rings (SSSR count). The lowest BCUT2D eigenvalue weighted by atomic mass is 9.82. The first-order valence-corrected chi connectivity index (χ1v) is 17.2. The molecule has 0 radical (unpaired) electrons. The summed E-state index contributed by atoms with van der Waals surface area (Å²) in [5.74, 6) is 3.10. The summed E-state index contributed by atoms with van der Waals surface area (Å²) in [6.07, 6.45) is 40.5. The molecule has 0 saturated heterocycles. The van der Waals surface area contributed by atoms with Crippen molar-refractivity contribution in [2.75, 3.05) is 6.61 Å². The van der Waals surface area contributed by atoms with E-state index in [1.54, 1.807) is 0 Å². The van der Waals surface area contributed by atoms with Gasteiger partial charge in [-0.25, -0.2) is 4.79 Å². The van der Waals surface area contributed by atoms with Crippen molar-refractivity contribution in [1.82, 2.24) is 5.32 Å². The van der Waals surface area contributed by atoms with Gasteiger partial charge in [0.1, 0.15) is 0 Å². The van der Waals surface area contributed by atoms with Crippen LogP contribution in [-0.4, -0.2) is 16.7 Å². The maximum Gasteiger partial charge on any atom is 0.407 e. The van der Waals surface area contributed by atoms with Crippen LogP contribution >= 0.6 is 22.6 Å². The van der Waals surface area contributed by atoms with Gasteiger partial charge in [-0.3, -0.25) is 0 Å². The SMILES string of the molecule is CCCCCCCCCCCCCCCCC(I)NC(=O)OCCCC1C2C=CC=CC2C2C=CC=CC21. The summed E-state index contributed by atoms with van der Waals surface area (Å²) in [7, 11) is 0. The highest BCUT2D eigenvalue weighted by Gasteiger charge is 2.46. The van der Waals surface area contributed by atoms with Gasteiger partial charge in [-0.15, -0.1) is 0 Å². The molecule has 5 atom stereocenters. The predicted molar refractivity (Wildman–Crippen MR) is 170 cm³/mol. The molecule has 38 heavy (non-hydrogen) atoms. The fraction of sp³-hybridized carbons (Fsp3) is 0.735. The number of unbranched alkanes of at least 4 members (excludes halogenated alkanes) is 13. The summed E-state index contributed by atoms with van der Waals surface area (Å²) in [6.45, 7) is 2.80. The topological polar surface area (TPSA) is 38.3 Å². The lowest BCUT2D eigenvalue weighted by molar-refractivity contribution is 0.139. The van der Waals surface area contributed by atoms with E-state index in [4.69, 9.17) is 4.74 Å². The molecule has 3 aliphatic carbocycles. The lowest BCUT2D eigenvalue weighted by Gasteiger charge is -2.24. The maximum absolute atomic E-state index is 12.3. The van der Waals surface area contributed by atoms with E-state index >= 15 is 0 Å². The molecule has 5 unspecified atom stereocenters. The third-order valence-corrected chi connectivity index (χ3v) is 9.81. The Morgan fingerprint density at radius 1 is 0.684 bits per heavy atom. The highest BCUT2D eigenvalue weighted by molar-refractivity contribution is 14.1. The smallest absolute Gasteiger partial charge is 0.407 e. The Morgan fingerprint density at radius 2 is 1.13 bits per heavy atom. The quantitative estimate of drug-likeness (QED) is 0.0626. The molecule has 0 spiro atoms. The standard InChI is InChI=1S/C34H54INO2/c1-2-3-4-5-6-7-8-9-10-11-12-13-14-15-26-33(35)36-34(37)38-27-20-25-32-30-23-18-16-21-28(30)29-22-17-19-24-31(29)32/h16-19,21-24,28-33H,2-15,20,25-27H2,1H3,(H,36,37). The number of hydrogen-bond donors (Lipinski definition) is 1. The van der Waals surface area contributed by atoms with Crippen LogP contribution in [0.15, 0.2) is 48.6 Å². The molecule has 0 aromatic rings. The number of alkyl carbamates (subject to hydrolysis) is 1. The van der Waals surface area contributed by atoms with Crippen molar-refractivity contribution in [3.05, 3.63) is 48.6 Å². The molecule has 1 N–H and O–H groups in total. The minimum Gasteiger partial charge on any atom is -0.450 e. The molecule has 214 valence electrons. The molecular weight excluding hydrogens is 581 g/mol. The van der Waals surface area contributed by atoms with E-state index in [1.807, 2.05) is 0 Å². The highest BCUT2D eigenvalue weighted by Crippen LogP contribution is 2.52. The summed E-state index contributed by atoms with van der Waals surface area (Å²) in [5, 5.41) is 3.03. The Bertz CT molecular complexity index is 738. The number of rotatable bonds is 20. The van der Waals surface area contributed by atoms with Crippen LogP contribution in [0.4, 0.5) is 4.79 Å². The summed E-state index contributed by atoms with van der Waals surface area (Å²) in [6, 6.07) is 0. The van der Waals surface area contributed by atoms with Crippen LogP contribution in [-0.2, 0) is 4.74 Å². The van der Waals surface area contributed by atoms with E-state index < -0.39 is 0 Å². The number of amides is 1. The predicted octanol–water partition coefficient (Wildman–Crippen LogP) is 10.5. The Morgan fingerprint density at radius 3 is 1.63 bits per heavy atom. The number of fused-ring (bicyclic) bond motifs is 3. The van der Waals surface area contributed by atoms with Gasteiger partial charge in [0.15, 0.2) is 0 Å². The van der Waals surface area contributed by atoms with Crippen LogP contribution < -0.4 is 5.32 Å². The van der Waals surface area contributed by atoms with Crippen LogP contribution in [0, 0.1) is 29.6 Å². The number of alkyl halides is 1. The van der Waals surface area contributed by atoms with E-state index in [-0.39, 0.29) is 10.1 Å². The maximum atomic E-state index is 12.3. The van der Waals surface area contributed by atoms with E-state index in [0.29, 0.717) is 36.2 Å².